The van der Waals surface area contributed by atoms with Crippen LogP contribution in [0.25, 0.3) is 12.2 Å². The first-order valence-corrected chi connectivity index (χ1v) is 12.2. The number of carboxylic acid groups (broad SMARTS) is 1. The van der Waals surface area contributed by atoms with Crippen LogP contribution >= 0.6 is 23.6 Å². The molecule has 176 valence electrons. The van der Waals surface area contributed by atoms with Crippen LogP contribution in [0.2, 0.25) is 0 Å². The number of fused-ring (bicyclic) bond motifs is 2. The lowest BCUT2D eigenvalue weighted by Gasteiger charge is -2.22. The number of benzene rings is 2. The molecule has 2 aromatic heterocycles. The lowest BCUT2D eigenvalue weighted by molar-refractivity contribution is 0.143. The van der Waals surface area contributed by atoms with Gasteiger partial charge in [-0.1, -0.05) is 71.9 Å². The third kappa shape index (κ3) is 4.60. The van der Waals surface area contributed by atoms with Crippen molar-refractivity contribution in [3.05, 3.63) is 107 Å². The van der Waals surface area contributed by atoms with Gasteiger partial charge in [0.05, 0.1) is 11.9 Å². The fraction of sp³-hybridized carbons (Fsp3) is 0.154. The van der Waals surface area contributed by atoms with Crippen molar-refractivity contribution in [3.8, 4) is 5.88 Å². The van der Waals surface area contributed by atoms with E-state index in [-0.39, 0.29) is 24.0 Å². The number of ether oxygens (including phenoxy) is 1. The summed E-state index contributed by atoms with van der Waals surface area (Å²) in [7, 11) is 0. The van der Waals surface area contributed by atoms with Crippen LogP contribution in [0.15, 0.2) is 52.8 Å². The minimum Gasteiger partial charge on any atom is -0.449 e. The Bertz CT molecular complexity index is 1560. The number of thiazole rings is 1. The number of H-pyrrole nitrogens is 1. The molecular formula is C26H21N3O4S2. The SMILES string of the molecule is Cc1ccc2c(c1)C=Cc1cc(C)ccc1C2c1cn(Cc2nc(OC(=O)O)cs2)c(=O)[nH]c1=S. The van der Waals surface area contributed by atoms with Crippen molar-refractivity contribution in [2.45, 2.75) is 26.3 Å². The first kappa shape index (κ1) is 22.9. The maximum atomic E-state index is 12.8. The van der Waals surface area contributed by atoms with Crippen molar-refractivity contribution in [1.82, 2.24) is 14.5 Å². The monoisotopic (exact) mass is 503 g/mol. The molecule has 0 unspecified atom stereocenters. The predicted molar refractivity (Wildman–Crippen MR) is 138 cm³/mol. The lowest BCUT2D eigenvalue weighted by Crippen LogP contribution is -2.25. The molecule has 5 rings (SSSR count). The number of aromatic nitrogens is 3. The minimum absolute atomic E-state index is 0.0157. The van der Waals surface area contributed by atoms with Crippen molar-refractivity contribution in [2.24, 2.45) is 0 Å². The maximum Gasteiger partial charge on any atom is 0.512 e. The smallest absolute Gasteiger partial charge is 0.449 e. The third-order valence-corrected chi connectivity index (χ3v) is 7.08. The van der Waals surface area contributed by atoms with E-state index in [1.165, 1.54) is 21.3 Å². The molecule has 0 atom stereocenters. The van der Waals surface area contributed by atoms with Gasteiger partial charge in [-0.2, -0.15) is 0 Å². The molecule has 1 aliphatic rings. The molecule has 2 heterocycles. The number of hydrogen-bond acceptors (Lipinski definition) is 6. The molecule has 0 aliphatic heterocycles. The van der Waals surface area contributed by atoms with Crippen molar-refractivity contribution in [2.75, 3.05) is 0 Å². The van der Waals surface area contributed by atoms with Gasteiger partial charge < -0.3 is 9.84 Å². The summed E-state index contributed by atoms with van der Waals surface area (Å²) < 4.78 is 6.50. The summed E-state index contributed by atoms with van der Waals surface area (Å²) in [5, 5.41) is 10.8. The molecule has 0 fully saturated rings. The fourth-order valence-electron chi connectivity index (χ4n) is 4.38. The Morgan fingerprint density at radius 1 is 1.11 bits per heavy atom. The van der Waals surface area contributed by atoms with Crippen molar-refractivity contribution in [1.29, 1.82) is 0 Å². The van der Waals surface area contributed by atoms with E-state index >= 15 is 0 Å². The van der Waals surface area contributed by atoms with Crippen LogP contribution in [0, 0.1) is 18.5 Å². The molecule has 0 saturated carbocycles. The van der Waals surface area contributed by atoms with Crippen molar-refractivity contribution < 1.29 is 14.6 Å². The van der Waals surface area contributed by atoms with Gasteiger partial charge in [0.15, 0.2) is 0 Å². The summed E-state index contributed by atoms with van der Waals surface area (Å²) in [6.07, 6.45) is 4.60. The van der Waals surface area contributed by atoms with Crippen LogP contribution in [-0.2, 0) is 6.54 Å². The molecule has 9 heteroatoms. The summed E-state index contributed by atoms with van der Waals surface area (Å²) in [6, 6.07) is 12.7. The van der Waals surface area contributed by atoms with Gasteiger partial charge in [0.2, 0.25) is 5.88 Å². The predicted octanol–water partition coefficient (Wildman–Crippen LogP) is 5.75. The van der Waals surface area contributed by atoms with Crippen LogP contribution in [-0.4, -0.2) is 25.8 Å². The van der Waals surface area contributed by atoms with E-state index in [1.807, 2.05) is 0 Å². The molecule has 2 N–H and O–H groups in total. The van der Waals surface area contributed by atoms with E-state index in [0.29, 0.717) is 9.65 Å². The molecule has 2 aromatic carbocycles. The number of nitrogens with one attached hydrogen (secondary N) is 1. The second-order valence-electron chi connectivity index (χ2n) is 8.45. The highest BCUT2D eigenvalue weighted by Crippen LogP contribution is 2.39. The van der Waals surface area contributed by atoms with Crippen LogP contribution in [0.1, 0.15) is 49.9 Å². The number of carbonyl (C=O) groups is 1. The van der Waals surface area contributed by atoms with E-state index in [0.717, 1.165) is 38.9 Å². The summed E-state index contributed by atoms with van der Waals surface area (Å²) in [4.78, 5) is 30.6. The van der Waals surface area contributed by atoms with Crippen molar-refractivity contribution in [3.63, 3.8) is 0 Å². The molecule has 1 aliphatic carbocycles. The molecule has 0 saturated heterocycles. The molecule has 0 radical (unpaired) electrons. The standard InChI is InChI=1S/C26H21N3O4S2/c1-14-3-7-18-16(9-14)5-6-17-10-15(2)4-8-19(17)23(18)20-11-29(25(30)28-24(20)34)12-22-27-21(13-35-22)33-26(31)32/h3-11,13,23H,12H2,1-2H3,(H,31,32)(H,28,30,34). The van der Waals surface area contributed by atoms with Crippen molar-refractivity contribution >= 4 is 41.9 Å². The maximum absolute atomic E-state index is 12.8. The van der Waals surface area contributed by atoms with Gasteiger partial charge in [0, 0.05) is 17.7 Å². The number of rotatable bonds is 4. The van der Waals surface area contributed by atoms with Gasteiger partial charge >= 0.3 is 11.8 Å². The molecule has 0 bridgehead atoms. The Hall–Kier alpha value is -3.82. The average molecular weight is 504 g/mol. The van der Waals surface area contributed by atoms with E-state index < -0.39 is 6.16 Å². The number of hydrogen-bond donors (Lipinski definition) is 2. The Labute approximate surface area is 210 Å². The van der Waals surface area contributed by atoms with E-state index in [9.17, 15) is 9.59 Å². The van der Waals surface area contributed by atoms with Gasteiger partial charge in [-0.3, -0.25) is 9.55 Å². The topological polar surface area (TPSA) is 97.2 Å². The molecule has 4 aromatic rings. The average Bonchev–Trinajstić information content (AvgIpc) is 3.16. The summed E-state index contributed by atoms with van der Waals surface area (Å²) in [6.45, 7) is 4.28. The minimum atomic E-state index is -1.44. The lowest BCUT2D eigenvalue weighted by atomic mass is 9.83. The van der Waals surface area contributed by atoms with E-state index in [1.54, 1.807) is 6.20 Å². The van der Waals surface area contributed by atoms with Gasteiger partial charge in [-0.15, -0.1) is 11.3 Å². The number of nitrogens with zero attached hydrogens (tertiary/aromatic N) is 2. The highest BCUT2D eigenvalue weighted by molar-refractivity contribution is 7.71. The second kappa shape index (κ2) is 9.09. The number of aromatic amines is 1. The first-order chi connectivity index (χ1) is 16.8. The Morgan fingerprint density at radius 2 is 1.74 bits per heavy atom. The van der Waals surface area contributed by atoms with Gasteiger partial charge in [0.1, 0.15) is 9.65 Å². The van der Waals surface area contributed by atoms with Gasteiger partial charge in [-0.05, 0) is 36.1 Å². The fourth-order valence-corrected chi connectivity index (χ4v) is 5.33. The van der Waals surface area contributed by atoms with E-state index in [4.69, 9.17) is 17.3 Å². The highest BCUT2D eigenvalue weighted by atomic mass is 32.1. The zero-order valence-electron chi connectivity index (χ0n) is 18.9. The van der Waals surface area contributed by atoms with Crippen LogP contribution in [0.5, 0.6) is 5.88 Å². The number of aryl methyl sites for hydroxylation is 2. The summed E-state index contributed by atoms with van der Waals surface area (Å²) in [5.41, 5.74) is 7.17. The Balaban J connectivity index is 1.65. The first-order valence-electron chi connectivity index (χ1n) is 10.9. The highest BCUT2D eigenvalue weighted by Gasteiger charge is 2.26. The molecule has 0 spiro atoms. The zero-order chi connectivity index (χ0) is 24.7. The molecule has 35 heavy (non-hydrogen) atoms. The second-order valence-corrected chi connectivity index (χ2v) is 9.80. The van der Waals surface area contributed by atoms with E-state index in [2.05, 4.69) is 77.1 Å². The molecule has 7 nitrogen and oxygen atoms in total. The van der Waals surface area contributed by atoms with Gasteiger partial charge in [0.25, 0.3) is 0 Å². The third-order valence-electron chi connectivity index (χ3n) is 5.93. The van der Waals surface area contributed by atoms with Crippen LogP contribution in [0.4, 0.5) is 4.79 Å². The Morgan fingerprint density at radius 3 is 2.34 bits per heavy atom. The summed E-state index contributed by atoms with van der Waals surface area (Å²) >= 11 is 6.88. The quantitative estimate of drug-likeness (QED) is 0.239. The molecular weight excluding hydrogens is 482 g/mol. The van der Waals surface area contributed by atoms with Crippen LogP contribution < -0.4 is 10.4 Å². The molecule has 0 amide bonds. The normalized spacial score (nSPS) is 12.6. The van der Waals surface area contributed by atoms with Gasteiger partial charge in [-0.25, -0.2) is 14.6 Å². The zero-order valence-corrected chi connectivity index (χ0v) is 20.6. The van der Waals surface area contributed by atoms with Crippen LogP contribution in [0.3, 0.4) is 0 Å². The largest absolute Gasteiger partial charge is 0.512 e. The summed E-state index contributed by atoms with van der Waals surface area (Å²) in [5.74, 6) is -0.202. The Kier molecular flexibility index (Phi) is 5.96.